The molecule has 0 radical (unpaired) electrons. The minimum atomic E-state index is 0.539. The molecule has 1 aromatic rings. The van der Waals surface area contributed by atoms with E-state index in [1.54, 1.807) is 12.3 Å². The molecule has 0 unspecified atom stereocenters. The number of nitrogens with one attached hydrogen (secondary N) is 1. The van der Waals surface area contributed by atoms with Crippen LogP contribution in [0.15, 0.2) is 12.3 Å². The summed E-state index contributed by atoms with van der Waals surface area (Å²) in [4.78, 5) is 10.9. The van der Waals surface area contributed by atoms with E-state index in [1.807, 2.05) is 6.92 Å². The highest BCUT2D eigenvalue weighted by Gasteiger charge is 2.12. The topological polar surface area (TPSA) is 50.3 Å². The normalized spacial score (nSPS) is 11.4. The lowest BCUT2D eigenvalue weighted by Crippen LogP contribution is -2.40. The van der Waals surface area contributed by atoms with Crippen molar-refractivity contribution in [3.05, 3.63) is 12.3 Å². The van der Waals surface area contributed by atoms with E-state index >= 15 is 0 Å². The average Bonchev–Trinajstić information content (AvgIpc) is 2.34. The summed E-state index contributed by atoms with van der Waals surface area (Å²) in [5.74, 6) is 1.24. The molecule has 0 atom stereocenters. The van der Waals surface area contributed by atoms with Gasteiger partial charge in [0.2, 0.25) is 11.8 Å². The van der Waals surface area contributed by atoms with Gasteiger partial charge in [0, 0.05) is 37.4 Å². The number of ether oxygens (including phenoxy) is 1. The fourth-order valence-corrected chi connectivity index (χ4v) is 2.07. The summed E-state index contributed by atoms with van der Waals surface area (Å²) in [7, 11) is 0. The Morgan fingerprint density at radius 2 is 1.95 bits per heavy atom. The lowest BCUT2D eigenvalue weighted by atomic mass is 10.2. The van der Waals surface area contributed by atoms with E-state index in [9.17, 15) is 0 Å². The Labute approximate surface area is 116 Å². The Morgan fingerprint density at radius 1 is 1.26 bits per heavy atom. The van der Waals surface area contributed by atoms with Crippen molar-refractivity contribution in [3.8, 4) is 5.88 Å². The van der Waals surface area contributed by atoms with Crippen LogP contribution in [0.3, 0.4) is 0 Å². The monoisotopic (exact) mass is 266 g/mol. The Kier molecular flexibility index (Phi) is 6.56. The van der Waals surface area contributed by atoms with Crippen molar-refractivity contribution in [2.75, 3.05) is 25.0 Å². The summed E-state index contributed by atoms with van der Waals surface area (Å²) in [6.45, 7) is 13.2. The zero-order valence-corrected chi connectivity index (χ0v) is 12.7. The van der Waals surface area contributed by atoms with Crippen LogP contribution in [0, 0.1) is 0 Å². The number of nitrogens with zero attached hydrogens (tertiary/aromatic N) is 3. The second-order valence-electron chi connectivity index (χ2n) is 5.00. The molecular weight excluding hydrogens is 240 g/mol. The van der Waals surface area contributed by atoms with Gasteiger partial charge in [-0.2, -0.15) is 4.98 Å². The Morgan fingerprint density at radius 3 is 2.53 bits per heavy atom. The standard InChI is InChI=1S/C14H26N4O/c1-6-19-13-7-8-15-14(17-13)16-9-10-18(11(2)3)12(4)5/h7-8,11-12H,6,9-10H2,1-5H3,(H,15,16,17). The molecule has 0 saturated carbocycles. The Bertz CT molecular complexity index is 360. The van der Waals surface area contributed by atoms with Gasteiger partial charge in [0.1, 0.15) is 0 Å². The van der Waals surface area contributed by atoms with Gasteiger partial charge in [-0.05, 0) is 34.6 Å². The van der Waals surface area contributed by atoms with E-state index in [-0.39, 0.29) is 0 Å². The van der Waals surface area contributed by atoms with E-state index in [0.29, 0.717) is 30.5 Å². The molecule has 0 amide bonds. The molecule has 1 rings (SSSR count). The summed E-state index contributed by atoms with van der Waals surface area (Å²) in [6, 6.07) is 2.85. The molecular formula is C14H26N4O. The smallest absolute Gasteiger partial charge is 0.225 e. The van der Waals surface area contributed by atoms with Gasteiger partial charge in [-0.1, -0.05) is 0 Å². The van der Waals surface area contributed by atoms with Crippen molar-refractivity contribution >= 4 is 5.95 Å². The van der Waals surface area contributed by atoms with Gasteiger partial charge in [0.05, 0.1) is 6.61 Å². The maximum absolute atomic E-state index is 5.35. The quantitative estimate of drug-likeness (QED) is 0.783. The van der Waals surface area contributed by atoms with Crippen LogP contribution < -0.4 is 10.1 Å². The Hall–Kier alpha value is -1.36. The molecule has 0 aliphatic carbocycles. The molecule has 0 saturated heterocycles. The van der Waals surface area contributed by atoms with Crippen molar-refractivity contribution < 1.29 is 4.74 Å². The van der Waals surface area contributed by atoms with Gasteiger partial charge >= 0.3 is 0 Å². The fourth-order valence-electron chi connectivity index (χ4n) is 2.07. The fraction of sp³-hybridized carbons (Fsp3) is 0.714. The summed E-state index contributed by atoms with van der Waals surface area (Å²) >= 11 is 0. The largest absolute Gasteiger partial charge is 0.478 e. The summed E-state index contributed by atoms with van der Waals surface area (Å²) < 4.78 is 5.35. The number of hydrogen-bond donors (Lipinski definition) is 1. The zero-order valence-electron chi connectivity index (χ0n) is 12.7. The lowest BCUT2D eigenvalue weighted by Gasteiger charge is -2.30. The maximum Gasteiger partial charge on any atom is 0.225 e. The first kappa shape index (κ1) is 15.7. The zero-order chi connectivity index (χ0) is 14.3. The highest BCUT2D eigenvalue weighted by Crippen LogP contribution is 2.08. The van der Waals surface area contributed by atoms with E-state index in [0.717, 1.165) is 13.1 Å². The molecule has 5 nitrogen and oxygen atoms in total. The van der Waals surface area contributed by atoms with Crippen LogP contribution in [0.25, 0.3) is 0 Å². The van der Waals surface area contributed by atoms with E-state index in [2.05, 4.69) is 47.9 Å². The highest BCUT2D eigenvalue weighted by atomic mass is 16.5. The van der Waals surface area contributed by atoms with Crippen molar-refractivity contribution in [1.29, 1.82) is 0 Å². The molecule has 1 heterocycles. The van der Waals surface area contributed by atoms with Crippen LogP contribution >= 0.6 is 0 Å². The van der Waals surface area contributed by atoms with Gasteiger partial charge in [-0.15, -0.1) is 0 Å². The second kappa shape index (κ2) is 7.94. The first-order valence-corrected chi connectivity index (χ1v) is 7.00. The first-order chi connectivity index (χ1) is 9.04. The van der Waals surface area contributed by atoms with Gasteiger partial charge in [-0.3, -0.25) is 4.90 Å². The molecule has 0 bridgehead atoms. The van der Waals surface area contributed by atoms with Crippen LogP contribution in [-0.4, -0.2) is 46.6 Å². The van der Waals surface area contributed by atoms with Crippen LogP contribution in [0.1, 0.15) is 34.6 Å². The predicted molar refractivity (Wildman–Crippen MR) is 78.7 cm³/mol. The third-order valence-corrected chi connectivity index (χ3v) is 2.90. The molecule has 0 spiro atoms. The predicted octanol–water partition coefficient (Wildman–Crippen LogP) is 2.41. The minimum Gasteiger partial charge on any atom is -0.478 e. The molecule has 0 aliphatic rings. The molecule has 0 aliphatic heterocycles. The molecule has 19 heavy (non-hydrogen) atoms. The van der Waals surface area contributed by atoms with Gasteiger partial charge in [0.25, 0.3) is 0 Å². The third kappa shape index (κ3) is 5.42. The molecule has 1 aromatic heterocycles. The SMILES string of the molecule is CCOc1ccnc(NCCN(C(C)C)C(C)C)n1. The van der Waals surface area contributed by atoms with Crippen LogP contribution in [0.5, 0.6) is 5.88 Å². The van der Waals surface area contributed by atoms with Crippen molar-refractivity contribution in [1.82, 2.24) is 14.9 Å². The lowest BCUT2D eigenvalue weighted by molar-refractivity contribution is 0.182. The number of hydrogen-bond acceptors (Lipinski definition) is 5. The van der Waals surface area contributed by atoms with E-state index in [4.69, 9.17) is 4.74 Å². The molecule has 108 valence electrons. The van der Waals surface area contributed by atoms with Gasteiger partial charge < -0.3 is 10.1 Å². The number of anilines is 1. The van der Waals surface area contributed by atoms with Crippen molar-refractivity contribution in [2.45, 2.75) is 46.7 Å². The van der Waals surface area contributed by atoms with Crippen molar-refractivity contribution in [3.63, 3.8) is 0 Å². The van der Waals surface area contributed by atoms with E-state index in [1.165, 1.54) is 0 Å². The maximum atomic E-state index is 5.35. The summed E-state index contributed by atoms with van der Waals surface area (Å²) in [5, 5.41) is 3.24. The minimum absolute atomic E-state index is 0.539. The van der Waals surface area contributed by atoms with Gasteiger partial charge in [0.15, 0.2) is 0 Å². The number of rotatable bonds is 8. The van der Waals surface area contributed by atoms with Gasteiger partial charge in [-0.25, -0.2) is 4.98 Å². The number of aromatic nitrogens is 2. The average molecular weight is 266 g/mol. The Balaban J connectivity index is 2.45. The molecule has 0 aromatic carbocycles. The van der Waals surface area contributed by atoms with Crippen LogP contribution in [0.4, 0.5) is 5.95 Å². The second-order valence-corrected chi connectivity index (χ2v) is 5.00. The molecule has 1 N–H and O–H groups in total. The third-order valence-electron chi connectivity index (χ3n) is 2.90. The van der Waals surface area contributed by atoms with Crippen LogP contribution in [0.2, 0.25) is 0 Å². The summed E-state index contributed by atoms with van der Waals surface area (Å²) in [5.41, 5.74) is 0. The first-order valence-electron chi connectivity index (χ1n) is 7.00. The molecule has 0 fully saturated rings. The van der Waals surface area contributed by atoms with E-state index < -0.39 is 0 Å². The van der Waals surface area contributed by atoms with Crippen LogP contribution in [-0.2, 0) is 0 Å². The highest BCUT2D eigenvalue weighted by molar-refractivity contribution is 5.27. The molecule has 5 heteroatoms. The summed E-state index contributed by atoms with van der Waals surface area (Å²) in [6.07, 6.45) is 1.71. The van der Waals surface area contributed by atoms with Crippen molar-refractivity contribution in [2.24, 2.45) is 0 Å².